The maximum absolute atomic E-state index is 10.8. The zero-order valence-corrected chi connectivity index (χ0v) is 8.47. The van der Waals surface area contributed by atoms with Gasteiger partial charge in [0.2, 0.25) is 0 Å². The second-order valence-electron chi connectivity index (χ2n) is 2.81. The molecule has 0 aromatic carbocycles. The third-order valence-corrected chi connectivity index (χ3v) is 1.87. The van der Waals surface area contributed by atoms with Crippen LogP contribution in [0.1, 0.15) is 6.42 Å². The van der Waals surface area contributed by atoms with E-state index in [1.165, 1.54) is 14.2 Å². The lowest BCUT2D eigenvalue weighted by Gasteiger charge is -2.18. The number of hydrogen-bond acceptors (Lipinski definition) is 6. The second kappa shape index (κ2) is 5.23. The Hall–Kier alpha value is -1.72. The third kappa shape index (κ3) is 3.16. The van der Waals surface area contributed by atoms with Gasteiger partial charge in [0, 0.05) is 6.42 Å². The molecule has 84 valence electrons. The summed E-state index contributed by atoms with van der Waals surface area (Å²) in [6, 6.07) is 0. The molecule has 0 fully saturated rings. The van der Waals surface area contributed by atoms with Crippen LogP contribution in [0.2, 0.25) is 0 Å². The highest BCUT2D eigenvalue weighted by Gasteiger charge is 2.30. The first kappa shape index (κ1) is 11.4. The summed E-state index contributed by atoms with van der Waals surface area (Å²) in [4.78, 5) is 21.6. The van der Waals surface area contributed by atoms with Crippen LogP contribution in [0.15, 0.2) is 12.2 Å². The van der Waals surface area contributed by atoms with Gasteiger partial charge in [-0.1, -0.05) is 6.08 Å². The van der Waals surface area contributed by atoms with Crippen molar-refractivity contribution in [3.63, 3.8) is 0 Å². The molecule has 6 heteroatoms. The Bertz CT molecular complexity index is 272. The van der Waals surface area contributed by atoms with Gasteiger partial charge in [0.05, 0.1) is 14.2 Å². The van der Waals surface area contributed by atoms with Crippen molar-refractivity contribution in [3.8, 4) is 0 Å². The highest BCUT2D eigenvalue weighted by Crippen LogP contribution is 2.19. The van der Waals surface area contributed by atoms with Crippen molar-refractivity contribution in [2.75, 3.05) is 14.2 Å². The van der Waals surface area contributed by atoms with E-state index in [1.807, 2.05) is 0 Å². The Labute approximate surface area is 86.7 Å². The molecule has 2 unspecified atom stereocenters. The molecule has 0 aromatic heterocycles. The summed E-state index contributed by atoms with van der Waals surface area (Å²) in [6.45, 7) is 0. The molecule has 0 N–H and O–H groups in total. The SMILES string of the molecule is COC(=O)OC1C=CCC1OC(=O)OC. The number of ether oxygens (including phenoxy) is 4. The summed E-state index contributed by atoms with van der Waals surface area (Å²) < 4.78 is 18.4. The smallest absolute Gasteiger partial charge is 0.438 e. The van der Waals surface area contributed by atoms with Crippen LogP contribution >= 0.6 is 0 Å². The van der Waals surface area contributed by atoms with Gasteiger partial charge in [-0.05, 0) is 6.08 Å². The quantitative estimate of drug-likeness (QED) is 0.511. The van der Waals surface area contributed by atoms with Gasteiger partial charge in [-0.3, -0.25) is 0 Å². The topological polar surface area (TPSA) is 71.1 Å². The summed E-state index contributed by atoms with van der Waals surface area (Å²) in [5.41, 5.74) is 0. The molecule has 0 amide bonds. The molecule has 15 heavy (non-hydrogen) atoms. The van der Waals surface area contributed by atoms with Crippen molar-refractivity contribution >= 4 is 12.3 Å². The standard InChI is InChI=1S/C9H12O6/c1-12-8(10)14-6-4-3-5-7(6)15-9(11)13-2/h3-4,6-7H,5H2,1-2H3. The summed E-state index contributed by atoms with van der Waals surface area (Å²) in [7, 11) is 2.41. The highest BCUT2D eigenvalue weighted by atomic mass is 16.7. The molecule has 0 saturated heterocycles. The van der Waals surface area contributed by atoms with E-state index in [0.29, 0.717) is 6.42 Å². The van der Waals surface area contributed by atoms with Crippen LogP contribution in [0.4, 0.5) is 9.59 Å². The second-order valence-corrected chi connectivity index (χ2v) is 2.81. The highest BCUT2D eigenvalue weighted by molar-refractivity contribution is 5.61. The lowest BCUT2D eigenvalue weighted by Crippen LogP contribution is -2.30. The molecule has 0 radical (unpaired) electrons. The van der Waals surface area contributed by atoms with E-state index >= 15 is 0 Å². The van der Waals surface area contributed by atoms with E-state index < -0.39 is 24.5 Å². The monoisotopic (exact) mass is 216 g/mol. The van der Waals surface area contributed by atoms with Gasteiger partial charge in [0.25, 0.3) is 0 Å². The minimum Gasteiger partial charge on any atom is -0.438 e. The fraction of sp³-hybridized carbons (Fsp3) is 0.556. The van der Waals surface area contributed by atoms with Gasteiger partial charge in [0.15, 0.2) is 6.10 Å². The van der Waals surface area contributed by atoms with Crippen molar-refractivity contribution in [2.24, 2.45) is 0 Å². The predicted molar refractivity (Wildman–Crippen MR) is 48.3 cm³/mol. The first-order valence-electron chi connectivity index (χ1n) is 4.33. The molecular formula is C9H12O6. The van der Waals surface area contributed by atoms with Gasteiger partial charge >= 0.3 is 12.3 Å². The van der Waals surface area contributed by atoms with Crippen molar-refractivity contribution in [2.45, 2.75) is 18.6 Å². The molecule has 0 saturated carbocycles. The van der Waals surface area contributed by atoms with Crippen molar-refractivity contribution in [3.05, 3.63) is 12.2 Å². The minimum atomic E-state index is -0.815. The minimum absolute atomic E-state index is 0.483. The van der Waals surface area contributed by atoms with Gasteiger partial charge in [-0.15, -0.1) is 0 Å². The van der Waals surface area contributed by atoms with Crippen LogP contribution < -0.4 is 0 Å². The van der Waals surface area contributed by atoms with Gasteiger partial charge in [0.1, 0.15) is 6.10 Å². The lowest BCUT2D eigenvalue weighted by molar-refractivity contribution is -0.0251. The van der Waals surface area contributed by atoms with E-state index in [4.69, 9.17) is 9.47 Å². The van der Waals surface area contributed by atoms with Gasteiger partial charge < -0.3 is 18.9 Å². The van der Waals surface area contributed by atoms with Crippen LogP contribution in [-0.2, 0) is 18.9 Å². The Morgan fingerprint density at radius 1 is 1.13 bits per heavy atom. The summed E-state index contributed by atoms with van der Waals surface area (Å²) in [5.74, 6) is 0. The zero-order chi connectivity index (χ0) is 11.3. The molecule has 6 nitrogen and oxygen atoms in total. The molecule has 2 atom stereocenters. The summed E-state index contributed by atoms with van der Waals surface area (Å²) in [5, 5.41) is 0. The van der Waals surface area contributed by atoms with Crippen molar-refractivity contribution < 1.29 is 28.5 Å². The van der Waals surface area contributed by atoms with Gasteiger partial charge in [-0.25, -0.2) is 9.59 Å². The lowest BCUT2D eigenvalue weighted by atomic mass is 10.2. The largest absolute Gasteiger partial charge is 0.508 e. The van der Waals surface area contributed by atoms with Gasteiger partial charge in [-0.2, -0.15) is 0 Å². The average molecular weight is 216 g/mol. The molecule has 1 aliphatic carbocycles. The van der Waals surface area contributed by atoms with Crippen molar-refractivity contribution in [1.82, 2.24) is 0 Å². The van der Waals surface area contributed by atoms with E-state index in [-0.39, 0.29) is 0 Å². The molecule has 0 heterocycles. The maximum Gasteiger partial charge on any atom is 0.508 e. The van der Waals surface area contributed by atoms with Crippen molar-refractivity contribution in [1.29, 1.82) is 0 Å². The molecule has 0 aliphatic heterocycles. The van der Waals surface area contributed by atoms with Crippen LogP contribution in [0.5, 0.6) is 0 Å². The number of carbonyl (C=O) groups is 2. The van der Waals surface area contributed by atoms with Crippen LogP contribution in [-0.4, -0.2) is 38.7 Å². The van der Waals surface area contributed by atoms with E-state index in [1.54, 1.807) is 12.2 Å². The number of hydrogen-bond donors (Lipinski definition) is 0. The van der Waals surface area contributed by atoms with Crippen LogP contribution in [0.25, 0.3) is 0 Å². The molecule has 0 spiro atoms. The fourth-order valence-corrected chi connectivity index (χ4v) is 1.17. The Kier molecular flexibility index (Phi) is 3.96. The van der Waals surface area contributed by atoms with E-state index in [2.05, 4.69) is 9.47 Å². The van der Waals surface area contributed by atoms with Crippen LogP contribution in [0.3, 0.4) is 0 Å². The first-order valence-corrected chi connectivity index (χ1v) is 4.33. The fourth-order valence-electron chi connectivity index (χ4n) is 1.17. The first-order chi connectivity index (χ1) is 7.17. The summed E-state index contributed by atoms with van der Waals surface area (Å²) >= 11 is 0. The average Bonchev–Trinajstić information content (AvgIpc) is 2.65. The maximum atomic E-state index is 10.8. The molecule has 0 aromatic rings. The number of carbonyl (C=O) groups excluding carboxylic acids is 2. The van der Waals surface area contributed by atoms with E-state index in [0.717, 1.165) is 0 Å². The molecule has 0 bridgehead atoms. The molecular weight excluding hydrogens is 204 g/mol. The van der Waals surface area contributed by atoms with E-state index in [9.17, 15) is 9.59 Å². The third-order valence-electron chi connectivity index (χ3n) is 1.87. The Morgan fingerprint density at radius 2 is 1.73 bits per heavy atom. The number of methoxy groups -OCH3 is 2. The molecule has 1 rings (SSSR count). The predicted octanol–water partition coefficient (Wildman–Crippen LogP) is 1.25. The normalized spacial score (nSPS) is 23.3. The van der Waals surface area contributed by atoms with Crippen LogP contribution in [0, 0.1) is 0 Å². The Morgan fingerprint density at radius 3 is 2.33 bits per heavy atom. The zero-order valence-electron chi connectivity index (χ0n) is 8.47. The number of rotatable bonds is 2. The Balaban J connectivity index is 2.45. The molecule has 1 aliphatic rings. The summed E-state index contributed by atoms with van der Waals surface area (Å²) in [6.07, 6.45) is 1.09.